The summed E-state index contributed by atoms with van der Waals surface area (Å²) in [6.45, 7) is 4.34. The van der Waals surface area contributed by atoms with Crippen LogP contribution in [0.3, 0.4) is 0 Å². The fraction of sp³-hybridized carbons (Fsp3) is 1.00. The largest absolute Gasteiger partial charge is 0.396 e. The number of hydrogen-bond acceptors (Lipinski definition) is 2. The molecule has 0 unspecified atom stereocenters. The van der Waals surface area contributed by atoms with Crippen molar-refractivity contribution in [3.05, 3.63) is 0 Å². The molecule has 0 aromatic carbocycles. The second-order valence-electron chi connectivity index (χ2n) is 3.95. The summed E-state index contributed by atoms with van der Waals surface area (Å²) in [5.74, 6) is 0. The molecular formula is C10H21F2NO. The maximum absolute atomic E-state index is 12.1. The predicted molar refractivity (Wildman–Crippen MR) is 53.6 cm³/mol. The van der Waals surface area contributed by atoms with E-state index in [2.05, 4.69) is 0 Å². The third-order valence-electron chi connectivity index (χ3n) is 2.89. The number of aliphatic hydroxyl groups is 1. The smallest absolute Gasteiger partial charge is 0.251 e. The van der Waals surface area contributed by atoms with Crippen LogP contribution in [0.1, 0.15) is 26.7 Å². The monoisotopic (exact) mass is 209 g/mol. The third-order valence-corrected chi connectivity index (χ3v) is 2.89. The lowest BCUT2D eigenvalue weighted by Gasteiger charge is -2.33. The van der Waals surface area contributed by atoms with Crippen LogP contribution in [0.25, 0.3) is 0 Å². The molecule has 0 heterocycles. The molecule has 0 rings (SSSR count). The molecule has 14 heavy (non-hydrogen) atoms. The lowest BCUT2D eigenvalue weighted by atomic mass is 9.83. The number of alkyl halides is 2. The van der Waals surface area contributed by atoms with Gasteiger partial charge in [0.05, 0.1) is 6.54 Å². The van der Waals surface area contributed by atoms with Crippen molar-refractivity contribution >= 4 is 0 Å². The van der Waals surface area contributed by atoms with Crippen molar-refractivity contribution in [2.75, 3.05) is 26.7 Å². The Bertz CT molecular complexity index is 141. The van der Waals surface area contributed by atoms with Crippen LogP contribution in [-0.2, 0) is 0 Å². The van der Waals surface area contributed by atoms with E-state index in [1.54, 1.807) is 11.9 Å². The van der Waals surface area contributed by atoms with Gasteiger partial charge in [-0.1, -0.05) is 13.8 Å². The molecule has 0 aliphatic heterocycles. The van der Waals surface area contributed by atoms with E-state index in [-0.39, 0.29) is 18.6 Å². The van der Waals surface area contributed by atoms with Gasteiger partial charge >= 0.3 is 0 Å². The van der Waals surface area contributed by atoms with E-state index < -0.39 is 6.43 Å². The van der Waals surface area contributed by atoms with Gasteiger partial charge in [0.15, 0.2) is 0 Å². The molecule has 0 saturated heterocycles. The van der Waals surface area contributed by atoms with Gasteiger partial charge in [0.2, 0.25) is 0 Å². The Hall–Kier alpha value is -0.220. The molecule has 1 N–H and O–H groups in total. The zero-order chi connectivity index (χ0) is 11.2. The molecule has 0 atom stereocenters. The highest BCUT2D eigenvalue weighted by molar-refractivity contribution is 4.79. The standard InChI is InChI=1S/C10H21F2NO/c1-4-10(5-2,8-14)7-13(3)6-9(11)12/h9,14H,4-8H2,1-3H3. The molecule has 4 heteroatoms. The van der Waals surface area contributed by atoms with E-state index in [9.17, 15) is 13.9 Å². The van der Waals surface area contributed by atoms with Crippen molar-refractivity contribution in [3.63, 3.8) is 0 Å². The molecule has 2 nitrogen and oxygen atoms in total. The first kappa shape index (κ1) is 13.8. The zero-order valence-corrected chi connectivity index (χ0v) is 9.26. The maximum atomic E-state index is 12.1. The van der Waals surface area contributed by atoms with Crippen LogP contribution in [0.15, 0.2) is 0 Å². The van der Waals surface area contributed by atoms with Crippen LogP contribution in [0.5, 0.6) is 0 Å². The van der Waals surface area contributed by atoms with Crippen molar-refractivity contribution in [2.24, 2.45) is 5.41 Å². The Balaban J connectivity index is 4.15. The Kier molecular flexibility index (Phi) is 6.20. The Morgan fingerprint density at radius 3 is 2.07 bits per heavy atom. The molecule has 0 saturated carbocycles. The summed E-state index contributed by atoms with van der Waals surface area (Å²) in [6, 6.07) is 0. The first-order valence-corrected chi connectivity index (χ1v) is 5.07. The van der Waals surface area contributed by atoms with E-state index in [0.717, 1.165) is 12.8 Å². The fourth-order valence-electron chi connectivity index (χ4n) is 1.62. The van der Waals surface area contributed by atoms with Crippen molar-refractivity contribution < 1.29 is 13.9 Å². The molecule has 86 valence electrons. The normalized spacial score (nSPS) is 12.9. The average Bonchev–Trinajstić information content (AvgIpc) is 2.13. The van der Waals surface area contributed by atoms with Gasteiger partial charge in [0, 0.05) is 18.6 Å². The number of halogens is 2. The quantitative estimate of drug-likeness (QED) is 0.693. The second kappa shape index (κ2) is 6.30. The molecule has 0 amide bonds. The first-order chi connectivity index (χ1) is 6.49. The molecule has 0 aliphatic carbocycles. The molecule has 0 aliphatic rings. The van der Waals surface area contributed by atoms with Crippen LogP contribution in [0.4, 0.5) is 8.78 Å². The number of hydrogen-bond donors (Lipinski definition) is 1. The van der Waals surface area contributed by atoms with Crippen LogP contribution >= 0.6 is 0 Å². The van der Waals surface area contributed by atoms with Gasteiger partial charge in [-0.25, -0.2) is 8.78 Å². The highest BCUT2D eigenvalue weighted by Crippen LogP contribution is 2.26. The molecule has 0 fully saturated rings. The summed E-state index contributed by atoms with van der Waals surface area (Å²) < 4.78 is 24.1. The Morgan fingerprint density at radius 1 is 1.29 bits per heavy atom. The summed E-state index contributed by atoms with van der Waals surface area (Å²) in [4.78, 5) is 1.59. The van der Waals surface area contributed by atoms with Gasteiger partial charge in [-0.15, -0.1) is 0 Å². The van der Waals surface area contributed by atoms with E-state index >= 15 is 0 Å². The van der Waals surface area contributed by atoms with Crippen LogP contribution in [0.2, 0.25) is 0 Å². The number of aliphatic hydroxyl groups excluding tert-OH is 1. The van der Waals surface area contributed by atoms with E-state index in [4.69, 9.17) is 0 Å². The van der Waals surface area contributed by atoms with Crippen molar-refractivity contribution in [1.82, 2.24) is 4.90 Å². The minimum Gasteiger partial charge on any atom is -0.396 e. The SMILES string of the molecule is CCC(CC)(CO)CN(C)CC(F)F. The molecule has 0 aromatic rings. The Labute approximate surface area is 84.9 Å². The first-order valence-electron chi connectivity index (χ1n) is 5.07. The third kappa shape index (κ3) is 4.33. The van der Waals surface area contributed by atoms with Crippen molar-refractivity contribution in [1.29, 1.82) is 0 Å². The number of rotatable bonds is 7. The van der Waals surface area contributed by atoms with Gasteiger partial charge in [-0.05, 0) is 19.9 Å². The topological polar surface area (TPSA) is 23.5 Å². The van der Waals surface area contributed by atoms with Crippen molar-refractivity contribution in [2.45, 2.75) is 33.1 Å². The van der Waals surface area contributed by atoms with Crippen LogP contribution < -0.4 is 0 Å². The van der Waals surface area contributed by atoms with Crippen LogP contribution in [0, 0.1) is 5.41 Å². The lowest BCUT2D eigenvalue weighted by Crippen LogP contribution is -2.39. The van der Waals surface area contributed by atoms with E-state index in [1.165, 1.54) is 0 Å². The summed E-state index contributed by atoms with van der Waals surface area (Å²) >= 11 is 0. The molecule has 0 spiro atoms. The van der Waals surface area contributed by atoms with Gasteiger partial charge < -0.3 is 10.0 Å². The average molecular weight is 209 g/mol. The minimum absolute atomic E-state index is 0.0631. The number of nitrogens with zero attached hydrogens (tertiary/aromatic N) is 1. The van der Waals surface area contributed by atoms with Gasteiger partial charge in [0.1, 0.15) is 0 Å². The Morgan fingerprint density at radius 2 is 1.79 bits per heavy atom. The van der Waals surface area contributed by atoms with Gasteiger partial charge in [-0.2, -0.15) is 0 Å². The molecule has 0 aromatic heterocycles. The summed E-state index contributed by atoms with van der Waals surface area (Å²) in [5, 5.41) is 9.25. The van der Waals surface area contributed by atoms with Crippen molar-refractivity contribution in [3.8, 4) is 0 Å². The summed E-state index contributed by atoms with van der Waals surface area (Å²) in [7, 11) is 1.67. The van der Waals surface area contributed by atoms with Gasteiger partial charge in [-0.3, -0.25) is 0 Å². The highest BCUT2D eigenvalue weighted by Gasteiger charge is 2.27. The molecule has 0 bridgehead atoms. The van der Waals surface area contributed by atoms with E-state index in [0.29, 0.717) is 6.54 Å². The molecule has 0 radical (unpaired) electrons. The summed E-state index contributed by atoms with van der Waals surface area (Å²) in [6.07, 6.45) is -0.675. The maximum Gasteiger partial charge on any atom is 0.251 e. The minimum atomic E-state index is -2.30. The highest BCUT2D eigenvalue weighted by atomic mass is 19.3. The lowest BCUT2D eigenvalue weighted by molar-refractivity contribution is 0.0425. The second-order valence-corrected chi connectivity index (χ2v) is 3.95. The molecular weight excluding hydrogens is 188 g/mol. The fourth-order valence-corrected chi connectivity index (χ4v) is 1.62. The van der Waals surface area contributed by atoms with Crippen LogP contribution in [-0.4, -0.2) is 43.2 Å². The van der Waals surface area contributed by atoms with Gasteiger partial charge in [0.25, 0.3) is 6.43 Å². The zero-order valence-electron chi connectivity index (χ0n) is 9.26. The predicted octanol–water partition coefficient (Wildman–Crippen LogP) is 1.98. The summed E-state index contributed by atoms with van der Waals surface area (Å²) in [5.41, 5.74) is -0.219. The van der Waals surface area contributed by atoms with E-state index in [1.807, 2.05) is 13.8 Å².